The summed E-state index contributed by atoms with van der Waals surface area (Å²) < 4.78 is 60.2. The second-order valence-electron chi connectivity index (χ2n) is 8.81. The minimum absolute atomic E-state index is 0.0809. The van der Waals surface area contributed by atoms with Gasteiger partial charge < -0.3 is 14.9 Å². The van der Waals surface area contributed by atoms with E-state index in [1.165, 1.54) is 18.2 Å². The van der Waals surface area contributed by atoms with Crippen LogP contribution in [0.3, 0.4) is 0 Å². The lowest BCUT2D eigenvalue weighted by molar-refractivity contribution is -0.144. The topological polar surface area (TPSA) is 160 Å². The molecule has 1 aliphatic rings. The highest BCUT2D eigenvalue weighted by molar-refractivity contribution is 8.18. The number of carboxylic acids is 2. The summed E-state index contributed by atoms with van der Waals surface area (Å²) in [7, 11) is 0.735. The van der Waals surface area contributed by atoms with Gasteiger partial charge in [-0.25, -0.2) is 23.5 Å². The van der Waals surface area contributed by atoms with Crippen LogP contribution in [0.5, 0.6) is 5.75 Å². The first-order valence-corrected chi connectivity index (χ1v) is 13.1. The number of alkyl halides is 3. The highest BCUT2D eigenvalue weighted by Gasteiger charge is 2.36. The molecular formula is C26H17ClF4N4O8S. The molecule has 44 heavy (non-hydrogen) atoms. The number of aliphatic carboxylic acids is 2. The van der Waals surface area contributed by atoms with Gasteiger partial charge in [0.05, 0.1) is 21.3 Å². The number of rotatable bonds is 8. The number of carbonyl (C=O) groups excluding carboxylic acids is 1. The Morgan fingerprint density at radius 1 is 1.09 bits per heavy atom. The number of ether oxygens (including phenoxy) is 1. The van der Waals surface area contributed by atoms with Crippen LogP contribution in [0.25, 0.3) is 11.8 Å². The Bertz CT molecular complexity index is 1890. The zero-order valence-corrected chi connectivity index (χ0v) is 23.5. The quantitative estimate of drug-likeness (QED) is 0.273. The first kappa shape index (κ1) is 32.0. The number of hydrogen-bond acceptors (Lipinski definition) is 8. The van der Waals surface area contributed by atoms with Crippen LogP contribution in [0.15, 0.2) is 62.0 Å². The molecule has 18 heteroatoms. The minimum Gasteiger partial charge on any atom is -0.481 e. The predicted octanol–water partition coefficient (Wildman–Crippen LogP) is 3.50. The zero-order valence-electron chi connectivity index (χ0n) is 22.0. The molecule has 2 N–H and O–H groups in total. The first-order valence-electron chi connectivity index (χ1n) is 11.9. The number of benzene rings is 2. The number of para-hydroxylation sites is 1. The highest BCUT2D eigenvalue weighted by Crippen LogP contribution is 2.38. The van der Waals surface area contributed by atoms with Gasteiger partial charge in [0.15, 0.2) is 11.8 Å². The second kappa shape index (κ2) is 12.4. The summed E-state index contributed by atoms with van der Waals surface area (Å²) >= 11 is 6.79. The van der Waals surface area contributed by atoms with Crippen LogP contribution in [0.1, 0.15) is 11.3 Å². The number of carbonyl (C=O) groups is 3. The van der Waals surface area contributed by atoms with Crippen molar-refractivity contribution in [2.45, 2.75) is 6.18 Å². The number of carboxylic acid groups (broad SMARTS) is 2. The molecule has 0 unspecified atom stereocenters. The third-order valence-electron chi connectivity index (χ3n) is 5.82. The number of nitrogens with zero attached hydrogens (tertiary/aromatic N) is 4. The van der Waals surface area contributed by atoms with Gasteiger partial charge in [-0.3, -0.25) is 23.9 Å². The molecule has 0 radical (unpaired) electrons. The molecule has 12 nitrogen and oxygen atoms in total. The Kier molecular flexibility index (Phi) is 9.01. The monoisotopic (exact) mass is 656 g/mol. The fourth-order valence-corrected chi connectivity index (χ4v) is 5.06. The number of amidine groups is 1. The van der Waals surface area contributed by atoms with E-state index in [9.17, 15) is 46.6 Å². The van der Waals surface area contributed by atoms with Crippen molar-refractivity contribution in [3.8, 4) is 11.4 Å². The molecule has 0 spiro atoms. The lowest BCUT2D eigenvalue weighted by atomic mass is 10.2. The van der Waals surface area contributed by atoms with Crippen molar-refractivity contribution in [2.75, 3.05) is 13.2 Å². The average molecular weight is 657 g/mol. The summed E-state index contributed by atoms with van der Waals surface area (Å²) in [5, 5.41) is 17.6. The van der Waals surface area contributed by atoms with Crippen LogP contribution < -0.4 is 16.0 Å². The summed E-state index contributed by atoms with van der Waals surface area (Å²) in [5.41, 5.74) is -5.52. The van der Waals surface area contributed by atoms with E-state index in [0.717, 1.165) is 18.0 Å². The van der Waals surface area contributed by atoms with Gasteiger partial charge in [-0.05, 0) is 36.0 Å². The predicted molar refractivity (Wildman–Crippen MR) is 149 cm³/mol. The third-order valence-corrected chi connectivity index (χ3v) is 7.13. The maximum absolute atomic E-state index is 15.0. The van der Waals surface area contributed by atoms with Crippen molar-refractivity contribution in [3.63, 3.8) is 0 Å². The van der Waals surface area contributed by atoms with Crippen LogP contribution >= 0.6 is 23.4 Å². The molecule has 0 bridgehead atoms. The summed E-state index contributed by atoms with van der Waals surface area (Å²) in [6.45, 7) is -1.57. The van der Waals surface area contributed by atoms with E-state index in [1.807, 2.05) is 0 Å². The van der Waals surface area contributed by atoms with Crippen molar-refractivity contribution >= 4 is 58.1 Å². The number of aliphatic imine (C=N–C) groups is 1. The Balaban J connectivity index is 1.82. The van der Waals surface area contributed by atoms with Crippen molar-refractivity contribution in [2.24, 2.45) is 12.0 Å². The van der Waals surface area contributed by atoms with Crippen LogP contribution in [0, 0.1) is 5.82 Å². The van der Waals surface area contributed by atoms with Crippen molar-refractivity contribution in [3.05, 3.63) is 90.3 Å². The lowest BCUT2D eigenvalue weighted by Crippen LogP contribution is -2.41. The molecule has 1 fully saturated rings. The maximum Gasteiger partial charge on any atom is 0.431 e. The number of halogens is 5. The summed E-state index contributed by atoms with van der Waals surface area (Å²) in [4.78, 5) is 65.7. The van der Waals surface area contributed by atoms with E-state index in [4.69, 9.17) is 21.4 Å². The number of aromatic nitrogens is 2. The summed E-state index contributed by atoms with van der Waals surface area (Å²) in [5.74, 6) is -4.71. The van der Waals surface area contributed by atoms with Crippen molar-refractivity contribution in [1.82, 2.24) is 14.0 Å². The molecular weight excluding hydrogens is 640 g/mol. The summed E-state index contributed by atoms with van der Waals surface area (Å²) in [6, 6.07) is 7.58. The van der Waals surface area contributed by atoms with E-state index in [2.05, 4.69) is 4.99 Å². The first-order chi connectivity index (χ1) is 20.6. The van der Waals surface area contributed by atoms with Crippen LogP contribution in [0.2, 0.25) is 5.02 Å². The van der Waals surface area contributed by atoms with E-state index in [-0.39, 0.29) is 42.3 Å². The molecule has 4 rings (SSSR count). The summed E-state index contributed by atoms with van der Waals surface area (Å²) in [6.07, 6.45) is -3.76. The highest BCUT2D eigenvalue weighted by atomic mass is 35.5. The van der Waals surface area contributed by atoms with Gasteiger partial charge >= 0.3 is 23.8 Å². The SMILES string of the molecule is Cn1c(C(F)(F)F)cc(=O)n(-c2cc(N=C3S/C(=C/c4ccccc4OCC(=O)O)C(=O)N3CC(=O)O)c(Cl)cc2F)c1=O. The second-order valence-corrected chi connectivity index (χ2v) is 10.2. The number of amides is 1. The van der Waals surface area contributed by atoms with Crippen LogP contribution in [0.4, 0.5) is 23.2 Å². The van der Waals surface area contributed by atoms with Crippen molar-refractivity contribution in [1.29, 1.82) is 0 Å². The molecule has 3 aromatic rings. The molecule has 0 atom stereocenters. The van der Waals surface area contributed by atoms with E-state index in [0.29, 0.717) is 17.8 Å². The van der Waals surface area contributed by atoms with E-state index < -0.39 is 70.6 Å². The van der Waals surface area contributed by atoms with Gasteiger partial charge in [0, 0.05) is 18.7 Å². The molecule has 1 amide bonds. The van der Waals surface area contributed by atoms with E-state index in [1.54, 1.807) is 12.1 Å². The zero-order chi connectivity index (χ0) is 32.5. The Morgan fingerprint density at radius 3 is 2.41 bits per heavy atom. The molecule has 230 valence electrons. The average Bonchev–Trinajstić information content (AvgIpc) is 3.20. The largest absolute Gasteiger partial charge is 0.481 e. The number of thioether (sulfide) groups is 1. The molecule has 1 saturated heterocycles. The van der Waals surface area contributed by atoms with Gasteiger partial charge in [-0.15, -0.1) is 0 Å². The molecule has 1 aromatic heterocycles. The normalized spacial score (nSPS) is 15.3. The van der Waals surface area contributed by atoms with Gasteiger partial charge in [-0.1, -0.05) is 29.8 Å². The van der Waals surface area contributed by atoms with Crippen LogP contribution in [-0.4, -0.2) is 60.4 Å². The molecule has 0 saturated carbocycles. The van der Waals surface area contributed by atoms with Crippen molar-refractivity contribution < 1.29 is 46.9 Å². The molecule has 2 aromatic carbocycles. The number of hydrogen-bond donors (Lipinski definition) is 2. The molecule has 0 aliphatic carbocycles. The Labute approximate surface area is 252 Å². The fraction of sp³-hybridized carbons (Fsp3) is 0.154. The Hall–Kier alpha value is -4.90. The lowest BCUT2D eigenvalue weighted by Gasteiger charge is -2.15. The van der Waals surface area contributed by atoms with Gasteiger partial charge in [0.2, 0.25) is 0 Å². The smallest absolute Gasteiger partial charge is 0.431 e. The van der Waals surface area contributed by atoms with Gasteiger partial charge in [0.1, 0.15) is 23.8 Å². The maximum atomic E-state index is 15.0. The van der Waals surface area contributed by atoms with Gasteiger partial charge in [0.25, 0.3) is 11.5 Å². The Morgan fingerprint density at radius 2 is 1.77 bits per heavy atom. The standard InChI is InChI=1S/C26H17ClF4N4O8S/c1-33-19(26(29,30)31)9-20(36)35(25(33)42)16-8-15(13(27)7-14(16)28)32-24-34(10-21(37)38)23(41)18(44-24)6-12-4-2-3-5-17(12)43-11-22(39)40/h2-9H,10-11H2,1H3,(H,37,38)(H,39,40)/b18-6+,32-24?. The molecule has 2 heterocycles. The van der Waals surface area contributed by atoms with Crippen LogP contribution in [-0.2, 0) is 27.6 Å². The van der Waals surface area contributed by atoms with E-state index >= 15 is 0 Å². The minimum atomic E-state index is -5.06. The van der Waals surface area contributed by atoms with Gasteiger partial charge in [-0.2, -0.15) is 13.2 Å². The molecule has 1 aliphatic heterocycles. The third kappa shape index (κ3) is 6.68. The fourth-order valence-electron chi connectivity index (χ4n) is 3.88.